The molecule has 6 nitrogen and oxygen atoms in total. The van der Waals surface area contributed by atoms with Gasteiger partial charge >= 0.3 is 0 Å². The summed E-state index contributed by atoms with van der Waals surface area (Å²) in [7, 11) is 0. The van der Waals surface area contributed by atoms with Crippen molar-refractivity contribution in [3.63, 3.8) is 0 Å². The molecule has 1 unspecified atom stereocenters. The molecule has 0 aliphatic carbocycles. The Hall–Kier alpha value is -0.240. The third-order valence-corrected chi connectivity index (χ3v) is 1.63. The first kappa shape index (κ1) is 9.76. The highest BCUT2D eigenvalue weighted by Gasteiger charge is 2.39. The minimum atomic E-state index is -1.55. The molecule has 0 aromatic carbocycles. The molecule has 0 radical (unpaired) electrons. The fraction of sp³-hybridized carbons (Fsp3) is 1.00. The number of nitrogens with two attached hydrogens (primary N) is 6. The zero-order chi connectivity index (χ0) is 8.58. The van der Waals surface area contributed by atoms with Crippen LogP contribution < -0.4 is 34.4 Å². The Labute approximate surface area is 59.9 Å². The van der Waals surface area contributed by atoms with Crippen LogP contribution in [-0.2, 0) is 0 Å². The van der Waals surface area contributed by atoms with E-state index in [2.05, 4.69) is 0 Å². The molecule has 0 saturated carbocycles. The van der Waals surface area contributed by atoms with E-state index in [4.69, 9.17) is 34.4 Å². The molecule has 0 aromatic heterocycles. The fourth-order valence-electron chi connectivity index (χ4n) is 0.289. The van der Waals surface area contributed by atoms with Crippen LogP contribution in [0.25, 0.3) is 0 Å². The van der Waals surface area contributed by atoms with Gasteiger partial charge in [0, 0.05) is 0 Å². The van der Waals surface area contributed by atoms with Crippen molar-refractivity contribution < 1.29 is 0 Å². The third-order valence-electron chi connectivity index (χ3n) is 1.63. The van der Waals surface area contributed by atoms with Gasteiger partial charge in [0.05, 0.1) is 11.7 Å². The summed E-state index contributed by atoms with van der Waals surface area (Å²) in [4.78, 5) is 0. The van der Waals surface area contributed by atoms with Crippen molar-refractivity contribution in [1.82, 2.24) is 0 Å². The Morgan fingerprint density at radius 2 is 1.30 bits per heavy atom. The summed E-state index contributed by atoms with van der Waals surface area (Å²) in [6.07, 6.45) is -0.840. The van der Waals surface area contributed by atoms with E-state index < -0.39 is 17.5 Å². The first-order valence-electron chi connectivity index (χ1n) is 2.86. The maximum atomic E-state index is 5.51. The van der Waals surface area contributed by atoms with Crippen molar-refractivity contribution in [3.8, 4) is 0 Å². The summed E-state index contributed by atoms with van der Waals surface area (Å²) in [6, 6.07) is 0. The topological polar surface area (TPSA) is 156 Å². The van der Waals surface area contributed by atoms with Crippen LogP contribution in [0.4, 0.5) is 0 Å². The van der Waals surface area contributed by atoms with Crippen molar-refractivity contribution in [3.05, 3.63) is 0 Å². The summed E-state index contributed by atoms with van der Waals surface area (Å²) in [5.41, 5.74) is 30.7. The molecule has 0 aliphatic rings. The van der Waals surface area contributed by atoms with E-state index >= 15 is 0 Å². The predicted molar refractivity (Wildman–Crippen MR) is 40.0 cm³/mol. The minimum Gasteiger partial charge on any atom is -0.319 e. The van der Waals surface area contributed by atoms with Gasteiger partial charge in [-0.3, -0.25) is 17.2 Å². The average Bonchev–Trinajstić information content (AvgIpc) is 1.62. The number of rotatable bonds is 2. The Balaban J connectivity index is 4.40. The maximum Gasteiger partial charge on any atom is 0.137 e. The van der Waals surface area contributed by atoms with Gasteiger partial charge in [0.1, 0.15) is 5.79 Å². The Morgan fingerprint density at radius 1 is 1.00 bits per heavy atom. The zero-order valence-corrected chi connectivity index (χ0v) is 6.04. The van der Waals surface area contributed by atoms with Gasteiger partial charge in [0.25, 0.3) is 0 Å². The lowest BCUT2D eigenvalue weighted by Gasteiger charge is -2.39. The molecule has 0 saturated heterocycles. The van der Waals surface area contributed by atoms with E-state index in [1.165, 1.54) is 6.92 Å². The molecule has 0 amide bonds. The van der Waals surface area contributed by atoms with Crippen LogP contribution >= 0.6 is 0 Å². The summed E-state index contributed by atoms with van der Waals surface area (Å²) in [5, 5.41) is 0. The molecular weight excluding hydrogens is 132 g/mol. The Kier molecular flexibility index (Phi) is 2.36. The summed E-state index contributed by atoms with van der Waals surface area (Å²) in [6.45, 7) is 1.50. The van der Waals surface area contributed by atoms with Crippen LogP contribution in [0.1, 0.15) is 6.92 Å². The standard InChI is InChI=1S/C4H16N6/c1-3(7,2(5)6)4(8,9)10/h2H,5-10H2,1H3. The van der Waals surface area contributed by atoms with Gasteiger partial charge < -0.3 is 17.2 Å². The maximum absolute atomic E-state index is 5.51. The first-order valence-corrected chi connectivity index (χ1v) is 2.86. The Morgan fingerprint density at radius 3 is 1.30 bits per heavy atom. The van der Waals surface area contributed by atoms with Crippen LogP contribution in [0.3, 0.4) is 0 Å². The molecule has 1 atom stereocenters. The molecule has 0 spiro atoms. The average molecular weight is 148 g/mol. The lowest BCUT2D eigenvalue weighted by molar-refractivity contribution is 0.213. The predicted octanol–water partition coefficient (Wildman–Crippen LogP) is -3.52. The third kappa shape index (κ3) is 1.63. The van der Waals surface area contributed by atoms with Gasteiger partial charge in [0.15, 0.2) is 0 Å². The fourth-order valence-corrected chi connectivity index (χ4v) is 0.289. The van der Waals surface area contributed by atoms with Crippen molar-refractivity contribution >= 4 is 0 Å². The van der Waals surface area contributed by atoms with Gasteiger partial charge in [-0.05, 0) is 6.92 Å². The highest BCUT2D eigenvalue weighted by atomic mass is 15.2. The SMILES string of the molecule is CC(N)(C(N)N)C(N)(N)N. The van der Waals surface area contributed by atoms with Crippen LogP contribution in [0.15, 0.2) is 0 Å². The van der Waals surface area contributed by atoms with E-state index in [-0.39, 0.29) is 0 Å². The van der Waals surface area contributed by atoms with Crippen molar-refractivity contribution in [2.75, 3.05) is 0 Å². The molecule has 0 bridgehead atoms. The van der Waals surface area contributed by atoms with E-state index in [0.29, 0.717) is 0 Å². The van der Waals surface area contributed by atoms with Gasteiger partial charge in [-0.2, -0.15) is 0 Å². The van der Waals surface area contributed by atoms with E-state index in [1.807, 2.05) is 0 Å². The zero-order valence-electron chi connectivity index (χ0n) is 6.04. The van der Waals surface area contributed by atoms with Crippen molar-refractivity contribution in [1.29, 1.82) is 0 Å². The number of hydrogen-bond acceptors (Lipinski definition) is 6. The molecule has 10 heavy (non-hydrogen) atoms. The van der Waals surface area contributed by atoms with E-state index in [0.717, 1.165) is 0 Å². The largest absolute Gasteiger partial charge is 0.319 e. The second-order valence-corrected chi connectivity index (χ2v) is 2.74. The van der Waals surface area contributed by atoms with Gasteiger partial charge in [-0.1, -0.05) is 0 Å². The van der Waals surface area contributed by atoms with Crippen LogP contribution in [-0.4, -0.2) is 17.5 Å². The lowest BCUT2D eigenvalue weighted by atomic mass is 9.92. The summed E-state index contributed by atoms with van der Waals surface area (Å²) >= 11 is 0. The molecule has 0 aliphatic heterocycles. The molecule has 0 fully saturated rings. The summed E-state index contributed by atoms with van der Waals surface area (Å²) in [5.74, 6) is -1.55. The minimum absolute atomic E-state index is 0.840. The molecule has 0 heterocycles. The van der Waals surface area contributed by atoms with Gasteiger partial charge in [-0.15, -0.1) is 0 Å². The molecule has 62 valence electrons. The quantitative estimate of drug-likeness (QED) is 0.223. The second-order valence-electron chi connectivity index (χ2n) is 2.74. The molecule has 0 aromatic rings. The van der Waals surface area contributed by atoms with E-state index in [1.54, 1.807) is 0 Å². The van der Waals surface area contributed by atoms with Gasteiger partial charge in [0.2, 0.25) is 0 Å². The monoisotopic (exact) mass is 148 g/mol. The molecule has 6 heteroatoms. The van der Waals surface area contributed by atoms with Crippen molar-refractivity contribution in [2.24, 2.45) is 34.4 Å². The first-order chi connectivity index (χ1) is 4.19. The summed E-state index contributed by atoms with van der Waals surface area (Å²) < 4.78 is 0. The molecular formula is C4H16N6. The van der Waals surface area contributed by atoms with Crippen LogP contribution in [0.5, 0.6) is 0 Å². The highest BCUT2D eigenvalue weighted by molar-refractivity contribution is 5.00. The van der Waals surface area contributed by atoms with Crippen LogP contribution in [0.2, 0.25) is 0 Å². The van der Waals surface area contributed by atoms with E-state index in [9.17, 15) is 0 Å². The smallest absolute Gasteiger partial charge is 0.137 e. The van der Waals surface area contributed by atoms with Crippen molar-refractivity contribution in [2.45, 2.75) is 24.4 Å². The number of hydrogen-bond donors (Lipinski definition) is 6. The molecule has 0 rings (SSSR count). The van der Waals surface area contributed by atoms with Crippen LogP contribution in [0, 0.1) is 0 Å². The van der Waals surface area contributed by atoms with Gasteiger partial charge in [-0.25, -0.2) is 0 Å². The molecule has 12 N–H and O–H groups in total. The second kappa shape index (κ2) is 2.42. The lowest BCUT2D eigenvalue weighted by Crippen LogP contribution is -2.82. The normalized spacial score (nSPS) is 19.2. The Bertz CT molecular complexity index is 111. The highest BCUT2D eigenvalue weighted by Crippen LogP contribution is 2.05.